The third kappa shape index (κ3) is 4.09. The molecule has 2 atom stereocenters. The first-order valence-electron chi connectivity index (χ1n) is 6.80. The summed E-state index contributed by atoms with van der Waals surface area (Å²) in [5.74, 6) is -0.422. The minimum Gasteiger partial charge on any atom is -0.467 e. The van der Waals surface area contributed by atoms with Crippen LogP contribution in [-0.2, 0) is 19.0 Å². The van der Waals surface area contributed by atoms with Crippen molar-refractivity contribution in [3.63, 3.8) is 0 Å². The van der Waals surface area contributed by atoms with E-state index >= 15 is 0 Å². The Kier molecular flexibility index (Phi) is 6.62. The van der Waals surface area contributed by atoms with Crippen LogP contribution in [0.15, 0.2) is 0 Å². The van der Waals surface area contributed by atoms with Crippen molar-refractivity contribution in [1.29, 1.82) is 0 Å². The van der Waals surface area contributed by atoms with Crippen LogP contribution in [0.2, 0.25) is 0 Å². The molecule has 0 aromatic rings. The molecule has 0 aromatic heterocycles. The predicted molar refractivity (Wildman–Crippen MR) is 68.5 cm³/mol. The number of carbonyl (C=O) groups excluding carboxylic acids is 2. The van der Waals surface area contributed by atoms with Gasteiger partial charge in [0.25, 0.3) is 0 Å². The molecule has 1 fully saturated rings. The topological polar surface area (TPSA) is 65.1 Å². The van der Waals surface area contributed by atoms with E-state index < -0.39 is 24.3 Å². The number of carbonyl (C=O) groups is 2. The van der Waals surface area contributed by atoms with E-state index in [1.165, 1.54) is 12.0 Å². The fraction of sp³-hybridized carbons (Fsp3) is 0.846. The predicted octanol–water partition coefficient (Wildman–Crippen LogP) is 1.92. The first-order chi connectivity index (χ1) is 9.15. The van der Waals surface area contributed by atoms with Crippen molar-refractivity contribution in [2.24, 2.45) is 0 Å². The summed E-state index contributed by atoms with van der Waals surface area (Å²) in [6.07, 6.45) is 2.21. The number of nitrogens with zero attached hydrogens (tertiary/aromatic N) is 1. The molecule has 0 saturated carbocycles. The minimum atomic E-state index is -0.601. The summed E-state index contributed by atoms with van der Waals surface area (Å²) < 4.78 is 15.4. The summed E-state index contributed by atoms with van der Waals surface area (Å²) in [6, 6.07) is -0.601. The van der Waals surface area contributed by atoms with Crippen molar-refractivity contribution in [3.8, 4) is 0 Å². The summed E-state index contributed by atoms with van der Waals surface area (Å²) in [7, 11) is 1.32. The fourth-order valence-corrected chi connectivity index (χ4v) is 2.12. The smallest absolute Gasteiger partial charge is 0.412 e. The van der Waals surface area contributed by atoms with Gasteiger partial charge < -0.3 is 14.2 Å². The number of methoxy groups -OCH3 is 1. The first kappa shape index (κ1) is 15.8. The molecule has 6 heteroatoms. The van der Waals surface area contributed by atoms with E-state index in [4.69, 9.17) is 14.2 Å². The molecular formula is C13H23NO5. The van der Waals surface area contributed by atoms with Gasteiger partial charge in [-0.05, 0) is 26.2 Å². The van der Waals surface area contributed by atoms with E-state index in [2.05, 4.69) is 6.92 Å². The molecule has 1 unspecified atom stereocenters. The molecule has 1 aliphatic rings. The van der Waals surface area contributed by atoms with Crippen LogP contribution in [-0.4, -0.2) is 49.6 Å². The average molecular weight is 273 g/mol. The second kappa shape index (κ2) is 7.99. The molecule has 19 heavy (non-hydrogen) atoms. The molecule has 0 aliphatic carbocycles. The van der Waals surface area contributed by atoms with Crippen molar-refractivity contribution in [1.82, 2.24) is 4.90 Å². The zero-order chi connectivity index (χ0) is 14.3. The Morgan fingerprint density at radius 3 is 2.58 bits per heavy atom. The maximum atomic E-state index is 11.9. The van der Waals surface area contributed by atoms with Crippen LogP contribution >= 0.6 is 0 Å². The van der Waals surface area contributed by atoms with Gasteiger partial charge in [0.05, 0.1) is 13.7 Å². The molecular weight excluding hydrogens is 250 g/mol. The number of ether oxygens (including phenoxy) is 3. The highest BCUT2D eigenvalue weighted by molar-refractivity contribution is 5.82. The van der Waals surface area contributed by atoms with E-state index in [1.807, 2.05) is 0 Å². The van der Waals surface area contributed by atoms with Gasteiger partial charge in [0.1, 0.15) is 12.3 Å². The van der Waals surface area contributed by atoms with E-state index in [0.29, 0.717) is 19.4 Å². The monoisotopic (exact) mass is 273 g/mol. The lowest BCUT2D eigenvalue weighted by atomic mass is 10.2. The molecule has 0 spiro atoms. The normalized spacial score (nSPS) is 22.4. The van der Waals surface area contributed by atoms with Gasteiger partial charge >= 0.3 is 12.1 Å². The third-order valence-corrected chi connectivity index (χ3v) is 3.09. The Morgan fingerprint density at radius 2 is 2.00 bits per heavy atom. The van der Waals surface area contributed by atoms with Crippen LogP contribution in [0, 0.1) is 0 Å². The van der Waals surface area contributed by atoms with Crippen LogP contribution in [0.3, 0.4) is 0 Å². The van der Waals surface area contributed by atoms with Gasteiger partial charge in [0.15, 0.2) is 0 Å². The van der Waals surface area contributed by atoms with Crippen molar-refractivity contribution in [2.45, 2.75) is 51.8 Å². The Balaban J connectivity index is 2.69. The summed E-state index contributed by atoms with van der Waals surface area (Å²) in [4.78, 5) is 25.0. The second-order valence-electron chi connectivity index (χ2n) is 4.40. The molecule has 1 aliphatic heterocycles. The first-order valence-corrected chi connectivity index (χ1v) is 6.80. The van der Waals surface area contributed by atoms with Crippen molar-refractivity contribution < 1.29 is 23.8 Å². The fourth-order valence-electron chi connectivity index (χ4n) is 2.12. The highest BCUT2D eigenvalue weighted by Crippen LogP contribution is 2.27. The Bertz CT molecular complexity index is 307. The zero-order valence-corrected chi connectivity index (χ0v) is 11.9. The number of hydrogen-bond donors (Lipinski definition) is 0. The number of amides is 1. The van der Waals surface area contributed by atoms with Gasteiger partial charge in [0, 0.05) is 6.61 Å². The van der Waals surface area contributed by atoms with E-state index in [0.717, 1.165) is 12.8 Å². The maximum Gasteiger partial charge on any atom is 0.412 e. The lowest BCUT2D eigenvalue weighted by molar-refractivity contribution is -0.148. The lowest BCUT2D eigenvalue weighted by Crippen LogP contribution is -2.46. The minimum absolute atomic E-state index is 0.269. The van der Waals surface area contributed by atoms with Gasteiger partial charge in [-0.25, -0.2) is 9.59 Å². The Morgan fingerprint density at radius 1 is 1.26 bits per heavy atom. The van der Waals surface area contributed by atoms with E-state index in [1.54, 1.807) is 6.92 Å². The number of rotatable bonds is 6. The standard InChI is InChI=1S/C13H23NO5/c1-4-6-9-19-11-8-7-10(12(15)17-3)14(11)13(16)18-5-2/h10-11H,4-9H2,1-3H3/t10-,11?/m0/s1. The van der Waals surface area contributed by atoms with Gasteiger partial charge in [-0.15, -0.1) is 0 Å². The second-order valence-corrected chi connectivity index (χ2v) is 4.40. The quantitative estimate of drug-likeness (QED) is 0.546. The van der Waals surface area contributed by atoms with Gasteiger partial charge in [-0.2, -0.15) is 0 Å². The molecule has 6 nitrogen and oxygen atoms in total. The molecule has 0 bridgehead atoms. The Hall–Kier alpha value is -1.30. The maximum absolute atomic E-state index is 11.9. The summed E-state index contributed by atoms with van der Waals surface area (Å²) in [6.45, 7) is 4.64. The number of unbranched alkanes of at least 4 members (excludes halogenated alkanes) is 1. The van der Waals surface area contributed by atoms with Crippen molar-refractivity contribution in [3.05, 3.63) is 0 Å². The van der Waals surface area contributed by atoms with Gasteiger partial charge in [0.2, 0.25) is 0 Å². The lowest BCUT2D eigenvalue weighted by Gasteiger charge is -2.27. The molecule has 1 saturated heterocycles. The summed E-state index contributed by atoms with van der Waals surface area (Å²) in [5.41, 5.74) is 0. The molecule has 1 amide bonds. The SMILES string of the molecule is CCCCOC1CC[C@@H](C(=O)OC)N1C(=O)OCC. The van der Waals surface area contributed by atoms with Crippen LogP contribution in [0.1, 0.15) is 39.5 Å². The molecule has 1 heterocycles. The van der Waals surface area contributed by atoms with Gasteiger partial charge in [-0.1, -0.05) is 13.3 Å². The van der Waals surface area contributed by atoms with Crippen LogP contribution < -0.4 is 0 Å². The molecule has 110 valence electrons. The highest BCUT2D eigenvalue weighted by atomic mass is 16.6. The van der Waals surface area contributed by atoms with Crippen LogP contribution in [0.5, 0.6) is 0 Å². The number of hydrogen-bond acceptors (Lipinski definition) is 5. The van der Waals surface area contributed by atoms with Crippen LogP contribution in [0.25, 0.3) is 0 Å². The molecule has 0 N–H and O–H groups in total. The van der Waals surface area contributed by atoms with Crippen molar-refractivity contribution in [2.75, 3.05) is 20.3 Å². The molecule has 0 radical (unpaired) electrons. The molecule has 0 aromatic carbocycles. The third-order valence-electron chi connectivity index (χ3n) is 3.09. The highest BCUT2D eigenvalue weighted by Gasteiger charge is 2.43. The van der Waals surface area contributed by atoms with Gasteiger partial charge in [-0.3, -0.25) is 4.90 Å². The largest absolute Gasteiger partial charge is 0.467 e. The van der Waals surface area contributed by atoms with E-state index in [-0.39, 0.29) is 6.61 Å². The van der Waals surface area contributed by atoms with E-state index in [9.17, 15) is 9.59 Å². The summed E-state index contributed by atoms with van der Waals surface area (Å²) in [5, 5.41) is 0. The number of esters is 1. The Labute approximate surface area is 114 Å². The van der Waals surface area contributed by atoms with Crippen LogP contribution in [0.4, 0.5) is 4.79 Å². The number of likely N-dealkylation sites (tertiary alicyclic amines) is 1. The average Bonchev–Trinajstić information content (AvgIpc) is 2.82. The zero-order valence-electron chi connectivity index (χ0n) is 11.9. The molecule has 1 rings (SSSR count). The summed E-state index contributed by atoms with van der Waals surface area (Å²) >= 11 is 0. The van der Waals surface area contributed by atoms with Crippen molar-refractivity contribution >= 4 is 12.1 Å².